The number of rotatable bonds is 7. The maximum atomic E-state index is 11.3. The minimum atomic E-state index is -1.12. The van der Waals surface area contributed by atoms with Crippen LogP contribution in [0.4, 0.5) is 0 Å². The van der Waals surface area contributed by atoms with E-state index >= 15 is 0 Å². The van der Waals surface area contributed by atoms with Crippen LogP contribution in [0.25, 0.3) is 0 Å². The molecule has 4 heteroatoms. The Labute approximate surface area is 119 Å². The van der Waals surface area contributed by atoms with Crippen LogP contribution in [0, 0.1) is 5.92 Å². The highest BCUT2D eigenvalue weighted by Crippen LogP contribution is 2.15. The molecule has 108 valence electrons. The van der Waals surface area contributed by atoms with Gasteiger partial charge < -0.3 is 9.84 Å². The van der Waals surface area contributed by atoms with Crippen molar-refractivity contribution in [1.29, 1.82) is 0 Å². The van der Waals surface area contributed by atoms with Crippen molar-refractivity contribution < 1.29 is 19.4 Å². The number of Topliss-reactive ketones (excluding diaryl/α,β-unsaturated/α-hetero) is 1. The molecule has 20 heavy (non-hydrogen) atoms. The number of aliphatic hydroxyl groups excluding tert-OH is 1. The lowest BCUT2D eigenvalue weighted by molar-refractivity contribution is -0.137. The number of carbonyl (C=O) groups is 2. The molecule has 4 nitrogen and oxygen atoms in total. The largest absolute Gasteiger partial charge is 0.463 e. The summed E-state index contributed by atoms with van der Waals surface area (Å²) < 4.78 is 4.79. The Bertz CT molecular complexity index is 465. The molecule has 0 fully saturated rings. The van der Waals surface area contributed by atoms with Crippen molar-refractivity contribution in [2.45, 2.75) is 26.4 Å². The van der Waals surface area contributed by atoms with Gasteiger partial charge in [0.2, 0.25) is 0 Å². The number of ether oxygens (including phenoxy) is 1. The van der Waals surface area contributed by atoms with Crippen molar-refractivity contribution in [2.75, 3.05) is 6.61 Å². The maximum absolute atomic E-state index is 11.3. The van der Waals surface area contributed by atoms with E-state index in [0.29, 0.717) is 13.0 Å². The lowest BCUT2D eigenvalue weighted by Crippen LogP contribution is -2.28. The molecule has 0 aliphatic heterocycles. The van der Waals surface area contributed by atoms with Crippen molar-refractivity contribution >= 4 is 11.8 Å². The molecular weight excluding hydrogens is 256 g/mol. The molecule has 1 N–H and O–H groups in total. The molecule has 0 saturated carbocycles. The first kappa shape index (κ1) is 16.1. The lowest BCUT2D eigenvalue weighted by atomic mass is 9.91. The number of hydrogen-bond acceptors (Lipinski definition) is 4. The Balaban J connectivity index is 2.80. The Morgan fingerprint density at radius 3 is 2.50 bits per heavy atom. The number of ketones is 1. The summed E-state index contributed by atoms with van der Waals surface area (Å²) in [7, 11) is 0. The van der Waals surface area contributed by atoms with Gasteiger partial charge in [0.25, 0.3) is 0 Å². The van der Waals surface area contributed by atoms with Crippen molar-refractivity contribution in [3.05, 3.63) is 48.0 Å². The molecule has 0 unspecified atom stereocenters. The molecule has 1 aromatic rings. The predicted molar refractivity (Wildman–Crippen MR) is 76.1 cm³/mol. The second-order valence-corrected chi connectivity index (χ2v) is 4.52. The van der Waals surface area contributed by atoms with E-state index in [0.717, 1.165) is 5.56 Å². The molecule has 0 bridgehead atoms. The van der Waals surface area contributed by atoms with Crippen LogP contribution in [0.1, 0.15) is 19.4 Å². The summed E-state index contributed by atoms with van der Waals surface area (Å²) >= 11 is 0. The molecule has 0 aliphatic carbocycles. The van der Waals surface area contributed by atoms with Crippen LogP contribution in [0.2, 0.25) is 0 Å². The second-order valence-electron chi connectivity index (χ2n) is 4.52. The first-order valence-electron chi connectivity index (χ1n) is 6.62. The topological polar surface area (TPSA) is 63.6 Å². The third-order valence-electron chi connectivity index (χ3n) is 2.90. The van der Waals surface area contributed by atoms with Gasteiger partial charge in [0, 0.05) is 12.0 Å². The molecule has 1 rings (SSSR count). The van der Waals surface area contributed by atoms with Crippen LogP contribution in [0.15, 0.2) is 42.5 Å². The fourth-order valence-electron chi connectivity index (χ4n) is 1.87. The van der Waals surface area contributed by atoms with E-state index in [1.54, 1.807) is 6.92 Å². The first-order chi connectivity index (χ1) is 9.54. The highest BCUT2D eigenvalue weighted by Gasteiger charge is 2.21. The normalized spacial score (nSPS) is 13.9. The van der Waals surface area contributed by atoms with E-state index in [9.17, 15) is 14.7 Å². The number of esters is 1. The van der Waals surface area contributed by atoms with Gasteiger partial charge in [-0.1, -0.05) is 36.4 Å². The SMILES string of the molecule is CCOC(=O)/C=C/[C@@H](Cc1ccccc1)[C@@H](O)C(C)=O. The number of carbonyl (C=O) groups excluding carboxylic acids is 2. The Kier molecular flexibility index (Phi) is 6.67. The molecule has 2 atom stereocenters. The molecule has 0 heterocycles. The van der Waals surface area contributed by atoms with Gasteiger partial charge in [-0.25, -0.2) is 4.79 Å². The Morgan fingerprint density at radius 1 is 1.30 bits per heavy atom. The highest BCUT2D eigenvalue weighted by molar-refractivity contribution is 5.83. The molecule has 0 aromatic heterocycles. The number of aliphatic hydroxyl groups is 1. The second kappa shape index (κ2) is 8.27. The van der Waals surface area contributed by atoms with Crippen molar-refractivity contribution in [2.24, 2.45) is 5.92 Å². The standard InChI is InChI=1S/C16H20O4/c1-3-20-15(18)10-9-14(16(19)12(2)17)11-13-7-5-4-6-8-13/h4-10,14,16,19H,3,11H2,1-2H3/b10-9+/t14-,16-/m0/s1. The summed E-state index contributed by atoms with van der Waals surface area (Å²) in [6.07, 6.45) is 2.17. The van der Waals surface area contributed by atoms with Crippen molar-refractivity contribution in [3.8, 4) is 0 Å². The molecule has 1 aromatic carbocycles. The van der Waals surface area contributed by atoms with Gasteiger partial charge in [-0.05, 0) is 25.8 Å². The summed E-state index contributed by atoms with van der Waals surface area (Å²) in [4.78, 5) is 22.7. The summed E-state index contributed by atoms with van der Waals surface area (Å²) in [5, 5.41) is 9.94. The van der Waals surface area contributed by atoms with Crippen molar-refractivity contribution in [3.63, 3.8) is 0 Å². The minimum Gasteiger partial charge on any atom is -0.463 e. The van der Waals surface area contributed by atoms with Gasteiger partial charge in [0.1, 0.15) is 6.10 Å². The van der Waals surface area contributed by atoms with Gasteiger partial charge >= 0.3 is 5.97 Å². The van der Waals surface area contributed by atoms with E-state index < -0.39 is 18.0 Å². The van der Waals surface area contributed by atoms with Gasteiger partial charge in [-0.3, -0.25) is 4.79 Å². The average molecular weight is 276 g/mol. The third kappa shape index (κ3) is 5.36. The van der Waals surface area contributed by atoms with Gasteiger partial charge in [0.15, 0.2) is 5.78 Å². The number of benzene rings is 1. The molecular formula is C16H20O4. The van der Waals surface area contributed by atoms with Crippen LogP contribution in [-0.2, 0) is 20.7 Å². The average Bonchev–Trinajstić information content (AvgIpc) is 2.44. The van der Waals surface area contributed by atoms with E-state index in [4.69, 9.17) is 4.74 Å². The zero-order valence-corrected chi connectivity index (χ0v) is 11.8. The van der Waals surface area contributed by atoms with Gasteiger partial charge in [-0.2, -0.15) is 0 Å². The van der Waals surface area contributed by atoms with Crippen LogP contribution in [-0.4, -0.2) is 29.6 Å². The monoisotopic (exact) mass is 276 g/mol. The minimum absolute atomic E-state index is 0.293. The zero-order chi connectivity index (χ0) is 15.0. The summed E-state index contributed by atoms with van der Waals surface area (Å²) in [5.41, 5.74) is 0.992. The van der Waals surface area contributed by atoms with Crippen LogP contribution in [0.5, 0.6) is 0 Å². The third-order valence-corrected chi connectivity index (χ3v) is 2.90. The van der Waals surface area contributed by atoms with E-state index in [1.807, 2.05) is 30.3 Å². The first-order valence-corrected chi connectivity index (χ1v) is 6.62. The molecule has 0 spiro atoms. The van der Waals surface area contributed by atoms with Crippen LogP contribution in [0.3, 0.4) is 0 Å². The van der Waals surface area contributed by atoms with Crippen molar-refractivity contribution in [1.82, 2.24) is 0 Å². The lowest BCUT2D eigenvalue weighted by Gasteiger charge is -2.17. The quantitative estimate of drug-likeness (QED) is 0.610. The molecule has 0 aliphatic rings. The van der Waals surface area contributed by atoms with Crippen LogP contribution < -0.4 is 0 Å². The van der Waals surface area contributed by atoms with Crippen LogP contribution >= 0.6 is 0 Å². The fraction of sp³-hybridized carbons (Fsp3) is 0.375. The van der Waals surface area contributed by atoms with E-state index in [-0.39, 0.29) is 5.78 Å². The zero-order valence-electron chi connectivity index (χ0n) is 11.8. The van der Waals surface area contributed by atoms with Gasteiger partial charge in [-0.15, -0.1) is 0 Å². The molecule has 0 saturated heterocycles. The van der Waals surface area contributed by atoms with E-state index in [2.05, 4.69) is 0 Å². The maximum Gasteiger partial charge on any atom is 0.330 e. The Hall–Kier alpha value is -1.94. The summed E-state index contributed by atoms with van der Waals surface area (Å²) in [6.45, 7) is 3.35. The summed E-state index contributed by atoms with van der Waals surface area (Å²) in [6, 6.07) is 9.51. The smallest absolute Gasteiger partial charge is 0.330 e. The number of hydrogen-bond donors (Lipinski definition) is 1. The highest BCUT2D eigenvalue weighted by atomic mass is 16.5. The fourth-order valence-corrected chi connectivity index (χ4v) is 1.87. The molecule has 0 radical (unpaired) electrons. The predicted octanol–water partition coefficient (Wildman–Crippen LogP) is 1.91. The Morgan fingerprint density at radius 2 is 1.95 bits per heavy atom. The van der Waals surface area contributed by atoms with Gasteiger partial charge in [0.05, 0.1) is 6.61 Å². The van der Waals surface area contributed by atoms with E-state index in [1.165, 1.54) is 19.1 Å². The molecule has 0 amide bonds. The summed E-state index contributed by atoms with van der Waals surface area (Å²) in [5.74, 6) is -1.24.